The van der Waals surface area contributed by atoms with Gasteiger partial charge in [0.25, 0.3) is 11.8 Å². The molecule has 0 saturated carbocycles. The number of anilines is 3. The van der Waals surface area contributed by atoms with E-state index in [1.165, 1.54) is 24.3 Å². The van der Waals surface area contributed by atoms with Gasteiger partial charge in [-0.15, -0.1) is 0 Å². The van der Waals surface area contributed by atoms with Gasteiger partial charge in [-0.3, -0.25) is 19.7 Å². The molecule has 7 N–H and O–H groups in total. The van der Waals surface area contributed by atoms with Crippen LogP contribution in [0.1, 0.15) is 36.6 Å². The summed E-state index contributed by atoms with van der Waals surface area (Å²) < 4.78 is 0. The van der Waals surface area contributed by atoms with Crippen LogP contribution >= 0.6 is 0 Å². The molecule has 1 aliphatic heterocycles. The lowest BCUT2D eigenvalue weighted by Gasteiger charge is -2.07. The average molecular weight is 310 g/mol. The summed E-state index contributed by atoms with van der Waals surface area (Å²) in [5.41, 5.74) is 19.4. The van der Waals surface area contributed by atoms with Gasteiger partial charge >= 0.3 is 0 Å². The minimum atomic E-state index is -0.524. The lowest BCUT2D eigenvalue weighted by Crippen LogP contribution is -2.20. The van der Waals surface area contributed by atoms with Crippen LogP contribution in [0.5, 0.6) is 0 Å². The number of nitrogen functional groups attached to an aromatic ring is 3. The summed E-state index contributed by atoms with van der Waals surface area (Å²) in [7, 11) is 0. The van der Waals surface area contributed by atoms with Crippen molar-refractivity contribution in [3.8, 4) is 0 Å². The van der Waals surface area contributed by atoms with Crippen molar-refractivity contribution in [2.24, 2.45) is 0 Å². The molecule has 0 spiro atoms. The highest BCUT2D eigenvalue weighted by atomic mass is 16.2. The number of amides is 2. The van der Waals surface area contributed by atoms with Crippen LogP contribution in [0.3, 0.4) is 0 Å². The Morgan fingerprint density at radius 1 is 0.913 bits per heavy atom. The molecule has 7 nitrogen and oxygen atoms in total. The van der Waals surface area contributed by atoms with Gasteiger partial charge in [0.2, 0.25) is 0 Å². The highest BCUT2D eigenvalue weighted by molar-refractivity contribution is 6.23. The molecular weight excluding hydrogens is 296 g/mol. The van der Waals surface area contributed by atoms with E-state index in [0.717, 1.165) is 0 Å². The molecule has 116 valence electrons. The van der Waals surface area contributed by atoms with Crippen LogP contribution in [0.15, 0.2) is 30.3 Å². The van der Waals surface area contributed by atoms with E-state index in [1.807, 2.05) is 0 Å². The summed E-state index contributed by atoms with van der Waals surface area (Å²) in [4.78, 5) is 35.7. The topological polar surface area (TPSA) is 141 Å². The van der Waals surface area contributed by atoms with Crippen molar-refractivity contribution in [2.75, 3.05) is 17.2 Å². The third-order valence-corrected chi connectivity index (χ3v) is 3.59. The van der Waals surface area contributed by atoms with Gasteiger partial charge in [-0.2, -0.15) is 0 Å². The van der Waals surface area contributed by atoms with Gasteiger partial charge < -0.3 is 17.2 Å². The Morgan fingerprint density at radius 2 is 1.57 bits per heavy atom. The van der Waals surface area contributed by atoms with Crippen LogP contribution in [-0.4, -0.2) is 17.6 Å². The largest absolute Gasteiger partial charge is 0.399 e. The monoisotopic (exact) mass is 310 g/mol. The van der Waals surface area contributed by atoms with E-state index < -0.39 is 11.8 Å². The van der Waals surface area contributed by atoms with E-state index in [0.29, 0.717) is 22.5 Å². The Labute approximate surface area is 131 Å². The fraction of sp³-hybridized carbons (Fsp3) is 0.0625. The predicted octanol–water partition coefficient (Wildman–Crippen LogP) is 0.742. The number of Topliss-reactive ketones (excluding diaryl/α,β-unsaturated/α-hetero) is 1. The van der Waals surface area contributed by atoms with Gasteiger partial charge in [0.1, 0.15) is 0 Å². The number of carbonyl (C=O) groups excluding carboxylic acids is 3. The zero-order chi connectivity index (χ0) is 16.7. The third-order valence-electron chi connectivity index (χ3n) is 3.59. The minimum Gasteiger partial charge on any atom is -0.399 e. The molecule has 23 heavy (non-hydrogen) atoms. The summed E-state index contributed by atoms with van der Waals surface area (Å²) in [6.07, 6.45) is 0.0157. The molecule has 0 aromatic heterocycles. The highest BCUT2D eigenvalue weighted by Crippen LogP contribution is 2.25. The Morgan fingerprint density at radius 3 is 2.22 bits per heavy atom. The van der Waals surface area contributed by atoms with Gasteiger partial charge in [0, 0.05) is 29.0 Å². The van der Waals surface area contributed by atoms with E-state index >= 15 is 0 Å². The molecule has 0 atom stereocenters. The van der Waals surface area contributed by atoms with Crippen LogP contribution in [0.2, 0.25) is 0 Å². The van der Waals surface area contributed by atoms with Crippen LogP contribution in [0.25, 0.3) is 0 Å². The van der Waals surface area contributed by atoms with Gasteiger partial charge in [-0.05, 0) is 35.9 Å². The van der Waals surface area contributed by atoms with Crippen LogP contribution in [0, 0.1) is 0 Å². The molecule has 1 heterocycles. The zero-order valence-electron chi connectivity index (χ0n) is 12.1. The number of nitrogens with two attached hydrogens (primary N) is 3. The van der Waals surface area contributed by atoms with Crippen molar-refractivity contribution in [3.05, 3.63) is 52.6 Å². The van der Waals surface area contributed by atoms with Crippen molar-refractivity contribution in [1.82, 2.24) is 5.32 Å². The molecule has 0 radical (unpaired) electrons. The molecule has 2 aromatic carbocycles. The molecule has 2 amide bonds. The number of rotatable bonds is 3. The number of fused-ring (bicyclic) bond motifs is 1. The summed E-state index contributed by atoms with van der Waals surface area (Å²) in [5.74, 6) is -1.25. The second-order valence-electron chi connectivity index (χ2n) is 5.38. The normalized spacial score (nSPS) is 12.9. The van der Waals surface area contributed by atoms with E-state index in [2.05, 4.69) is 5.32 Å². The van der Waals surface area contributed by atoms with Crippen LogP contribution in [0.4, 0.5) is 17.1 Å². The first-order valence-electron chi connectivity index (χ1n) is 6.82. The van der Waals surface area contributed by atoms with Crippen molar-refractivity contribution in [3.63, 3.8) is 0 Å². The summed E-state index contributed by atoms with van der Waals surface area (Å²) in [6, 6.07) is 7.64. The molecule has 7 heteroatoms. The first-order valence-corrected chi connectivity index (χ1v) is 6.82. The third kappa shape index (κ3) is 2.59. The molecule has 0 aliphatic carbocycles. The molecule has 0 unspecified atom stereocenters. The Hall–Kier alpha value is -3.35. The van der Waals surface area contributed by atoms with Crippen LogP contribution < -0.4 is 22.5 Å². The molecule has 0 saturated heterocycles. The number of hydrogen-bond donors (Lipinski definition) is 4. The number of hydrogen-bond acceptors (Lipinski definition) is 6. The van der Waals surface area contributed by atoms with Gasteiger partial charge in [-0.25, -0.2) is 0 Å². The standard InChI is InChI=1S/C16H14N4O3/c17-9-4-8(5-10(18)6-9)13(21)3-7-1-11-14(12(19)2-7)16(23)20-15(11)22/h1-2,4-6H,3,17-19H2,(H,20,22,23). The zero-order valence-corrected chi connectivity index (χ0v) is 12.1. The number of carbonyl (C=O) groups is 3. The van der Waals surface area contributed by atoms with Crippen molar-refractivity contribution in [1.29, 1.82) is 0 Å². The Bertz CT molecular complexity index is 854. The number of ketones is 1. The summed E-state index contributed by atoms with van der Waals surface area (Å²) in [5, 5.41) is 2.17. The molecular formula is C16H14N4O3. The summed E-state index contributed by atoms with van der Waals surface area (Å²) >= 11 is 0. The van der Waals surface area contributed by atoms with E-state index in [4.69, 9.17) is 17.2 Å². The van der Waals surface area contributed by atoms with Gasteiger partial charge in [0.15, 0.2) is 5.78 Å². The number of nitrogens with one attached hydrogen (secondary N) is 1. The maximum Gasteiger partial charge on any atom is 0.261 e. The Kier molecular flexibility index (Phi) is 3.25. The fourth-order valence-electron chi connectivity index (χ4n) is 2.62. The second kappa shape index (κ2) is 5.13. The first kappa shape index (κ1) is 14.6. The van der Waals surface area contributed by atoms with E-state index in [1.54, 1.807) is 6.07 Å². The minimum absolute atomic E-state index is 0.0157. The molecule has 2 aromatic rings. The molecule has 3 rings (SSSR count). The molecule has 0 fully saturated rings. The lowest BCUT2D eigenvalue weighted by molar-refractivity contribution is 0.0878. The first-order chi connectivity index (χ1) is 10.8. The summed E-state index contributed by atoms with van der Waals surface area (Å²) in [6.45, 7) is 0. The van der Waals surface area contributed by atoms with E-state index in [-0.39, 0.29) is 29.0 Å². The maximum atomic E-state index is 12.4. The second-order valence-corrected chi connectivity index (χ2v) is 5.38. The van der Waals surface area contributed by atoms with Crippen LogP contribution in [-0.2, 0) is 6.42 Å². The fourth-order valence-corrected chi connectivity index (χ4v) is 2.62. The molecule has 1 aliphatic rings. The maximum absolute atomic E-state index is 12.4. The average Bonchev–Trinajstić information content (AvgIpc) is 2.73. The van der Waals surface area contributed by atoms with Gasteiger partial charge in [0.05, 0.1) is 11.1 Å². The van der Waals surface area contributed by atoms with Crippen molar-refractivity contribution >= 4 is 34.7 Å². The van der Waals surface area contributed by atoms with Gasteiger partial charge in [-0.1, -0.05) is 0 Å². The lowest BCUT2D eigenvalue weighted by atomic mass is 9.97. The van der Waals surface area contributed by atoms with Crippen molar-refractivity contribution in [2.45, 2.75) is 6.42 Å². The predicted molar refractivity (Wildman–Crippen MR) is 86.0 cm³/mol. The highest BCUT2D eigenvalue weighted by Gasteiger charge is 2.29. The number of benzene rings is 2. The van der Waals surface area contributed by atoms with E-state index in [9.17, 15) is 14.4 Å². The molecule has 0 bridgehead atoms. The smallest absolute Gasteiger partial charge is 0.261 e. The Balaban J connectivity index is 1.93. The quantitative estimate of drug-likeness (QED) is 0.374. The SMILES string of the molecule is Nc1cc(N)cc(C(=O)Cc2cc(N)c3c(c2)C(=O)NC3=O)c1. The van der Waals surface area contributed by atoms with Crippen molar-refractivity contribution < 1.29 is 14.4 Å². The number of imide groups is 1.